The average molecular weight is 438 g/mol. The molecule has 0 unspecified atom stereocenters. The van der Waals surface area contributed by atoms with Crippen LogP contribution in [0.5, 0.6) is 5.75 Å². The SMILES string of the molecule is COc1ccc([C@@H](O)[C@H](NC(=O)[C@H](C)NC(=O)CC2(OC)CCOCC2)C(=O)O)cc1. The molecule has 4 N–H and O–H groups in total. The molecular formula is C21H30N2O8. The molecule has 2 rings (SSSR count). The topological polar surface area (TPSA) is 143 Å². The minimum absolute atomic E-state index is 0.0569. The Bertz CT molecular complexity index is 761. The van der Waals surface area contributed by atoms with Gasteiger partial charge in [0.1, 0.15) is 17.9 Å². The van der Waals surface area contributed by atoms with E-state index in [9.17, 15) is 24.6 Å². The van der Waals surface area contributed by atoms with Gasteiger partial charge >= 0.3 is 5.97 Å². The van der Waals surface area contributed by atoms with Crippen LogP contribution in [0, 0.1) is 0 Å². The van der Waals surface area contributed by atoms with Crippen molar-refractivity contribution in [1.82, 2.24) is 10.6 Å². The number of carboxylic acids is 1. The van der Waals surface area contributed by atoms with Crippen LogP contribution < -0.4 is 15.4 Å². The van der Waals surface area contributed by atoms with E-state index < -0.39 is 41.6 Å². The molecule has 1 aliphatic rings. The molecule has 0 spiro atoms. The lowest BCUT2D eigenvalue weighted by Crippen LogP contribution is -2.53. The van der Waals surface area contributed by atoms with E-state index in [1.807, 2.05) is 0 Å². The van der Waals surface area contributed by atoms with Gasteiger partial charge < -0.3 is 35.1 Å². The van der Waals surface area contributed by atoms with E-state index in [2.05, 4.69) is 10.6 Å². The maximum absolute atomic E-state index is 12.5. The number of aliphatic hydroxyl groups excluding tert-OH is 1. The molecule has 1 heterocycles. The Morgan fingerprint density at radius 2 is 1.74 bits per heavy atom. The molecule has 10 nitrogen and oxygen atoms in total. The molecular weight excluding hydrogens is 408 g/mol. The van der Waals surface area contributed by atoms with Crippen LogP contribution in [0.3, 0.4) is 0 Å². The van der Waals surface area contributed by atoms with Gasteiger partial charge in [-0.3, -0.25) is 9.59 Å². The molecule has 0 bridgehead atoms. The molecule has 0 saturated carbocycles. The lowest BCUT2D eigenvalue weighted by molar-refractivity contribution is -0.145. The second-order valence-electron chi connectivity index (χ2n) is 7.51. The number of carbonyl (C=O) groups excluding carboxylic acids is 2. The number of nitrogens with one attached hydrogen (secondary N) is 2. The van der Waals surface area contributed by atoms with Crippen molar-refractivity contribution in [3.8, 4) is 5.75 Å². The fourth-order valence-corrected chi connectivity index (χ4v) is 3.39. The Hall–Kier alpha value is -2.69. The van der Waals surface area contributed by atoms with Gasteiger partial charge in [0.2, 0.25) is 11.8 Å². The fraction of sp³-hybridized carbons (Fsp3) is 0.571. The molecule has 0 radical (unpaired) electrons. The van der Waals surface area contributed by atoms with Crippen molar-refractivity contribution in [2.24, 2.45) is 0 Å². The Morgan fingerprint density at radius 3 is 2.26 bits per heavy atom. The largest absolute Gasteiger partial charge is 0.497 e. The fourth-order valence-electron chi connectivity index (χ4n) is 3.39. The zero-order chi connectivity index (χ0) is 23.0. The van der Waals surface area contributed by atoms with Crippen LogP contribution >= 0.6 is 0 Å². The number of hydrogen-bond donors (Lipinski definition) is 4. The van der Waals surface area contributed by atoms with Crippen molar-refractivity contribution in [1.29, 1.82) is 0 Å². The van der Waals surface area contributed by atoms with Crippen molar-refractivity contribution in [3.05, 3.63) is 29.8 Å². The smallest absolute Gasteiger partial charge is 0.329 e. The summed E-state index contributed by atoms with van der Waals surface area (Å²) in [7, 11) is 3.02. The summed E-state index contributed by atoms with van der Waals surface area (Å²) in [6, 6.07) is 3.56. The predicted molar refractivity (Wildman–Crippen MR) is 110 cm³/mol. The van der Waals surface area contributed by atoms with E-state index in [0.29, 0.717) is 37.4 Å². The zero-order valence-corrected chi connectivity index (χ0v) is 17.9. The van der Waals surface area contributed by atoms with Gasteiger partial charge in [-0.15, -0.1) is 0 Å². The van der Waals surface area contributed by atoms with Gasteiger partial charge in [0.15, 0.2) is 6.04 Å². The molecule has 0 aliphatic carbocycles. The van der Waals surface area contributed by atoms with Crippen LogP contribution in [-0.2, 0) is 23.9 Å². The minimum atomic E-state index is -1.60. The molecule has 2 amide bonds. The van der Waals surface area contributed by atoms with Crippen LogP contribution in [0.1, 0.15) is 37.9 Å². The Kier molecular flexibility index (Phi) is 8.78. The van der Waals surface area contributed by atoms with Gasteiger partial charge in [-0.25, -0.2) is 4.79 Å². The van der Waals surface area contributed by atoms with E-state index in [-0.39, 0.29) is 6.42 Å². The first kappa shape index (κ1) is 24.6. The molecule has 1 fully saturated rings. The zero-order valence-electron chi connectivity index (χ0n) is 17.9. The lowest BCUT2D eigenvalue weighted by atomic mass is 9.90. The van der Waals surface area contributed by atoms with Crippen LogP contribution in [0.2, 0.25) is 0 Å². The molecule has 1 aromatic carbocycles. The van der Waals surface area contributed by atoms with Crippen molar-refractivity contribution >= 4 is 17.8 Å². The number of aliphatic carboxylic acids is 1. The highest BCUT2D eigenvalue weighted by molar-refractivity contribution is 5.90. The summed E-state index contributed by atoms with van der Waals surface area (Å²) in [5.41, 5.74) is -0.348. The van der Waals surface area contributed by atoms with Gasteiger partial charge in [-0.1, -0.05) is 12.1 Å². The summed E-state index contributed by atoms with van der Waals surface area (Å²) in [6.07, 6.45) is -0.310. The van der Waals surface area contributed by atoms with E-state index in [4.69, 9.17) is 14.2 Å². The molecule has 31 heavy (non-hydrogen) atoms. The van der Waals surface area contributed by atoms with Crippen LogP contribution in [-0.4, -0.2) is 73.1 Å². The minimum Gasteiger partial charge on any atom is -0.497 e. The Balaban J connectivity index is 1.97. The van der Waals surface area contributed by atoms with Gasteiger partial charge in [0.05, 0.1) is 19.1 Å². The number of aliphatic hydroxyl groups is 1. The second-order valence-corrected chi connectivity index (χ2v) is 7.51. The molecule has 1 saturated heterocycles. The predicted octanol–water partition coefficient (Wildman–Crippen LogP) is 0.388. The molecule has 1 aliphatic heterocycles. The number of amides is 2. The number of carbonyl (C=O) groups is 3. The molecule has 3 atom stereocenters. The van der Waals surface area contributed by atoms with E-state index in [0.717, 1.165) is 0 Å². The number of methoxy groups -OCH3 is 2. The number of carboxylic acid groups (broad SMARTS) is 1. The van der Waals surface area contributed by atoms with Crippen molar-refractivity contribution in [2.75, 3.05) is 27.4 Å². The van der Waals surface area contributed by atoms with Crippen molar-refractivity contribution in [2.45, 2.75) is 50.0 Å². The summed E-state index contributed by atoms with van der Waals surface area (Å²) in [6.45, 7) is 2.41. The van der Waals surface area contributed by atoms with Crippen molar-refractivity contribution < 1.29 is 38.8 Å². The maximum Gasteiger partial charge on any atom is 0.329 e. The van der Waals surface area contributed by atoms with E-state index in [1.54, 1.807) is 12.1 Å². The van der Waals surface area contributed by atoms with Crippen LogP contribution in [0.4, 0.5) is 0 Å². The number of benzene rings is 1. The third-order valence-corrected chi connectivity index (χ3v) is 5.43. The molecule has 10 heteroatoms. The summed E-state index contributed by atoms with van der Waals surface area (Å²) < 4.78 is 15.9. The monoisotopic (exact) mass is 438 g/mol. The molecule has 172 valence electrons. The highest BCUT2D eigenvalue weighted by Gasteiger charge is 2.36. The normalized spacial score (nSPS) is 18.3. The average Bonchev–Trinajstić information content (AvgIpc) is 2.77. The number of ether oxygens (including phenoxy) is 3. The van der Waals surface area contributed by atoms with E-state index >= 15 is 0 Å². The van der Waals surface area contributed by atoms with Gasteiger partial charge in [-0.05, 0) is 24.6 Å². The highest BCUT2D eigenvalue weighted by atomic mass is 16.5. The summed E-state index contributed by atoms with van der Waals surface area (Å²) in [5.74, 6) is -1.99. The first-order chi connectivity index (χ1) is 14.7. The highest BCUT2D eigenvalue weighted by Crippen LogP contribution is 2.28. The van der Waals surface area contributed by atoms with Crippen molar-refractivity contribution in [3.63, 3.8) is 0 Å². The second kappa shape index (κ2) is 11.1. The molecule has 0 aromatic heterocycles. The quantitative estimate of drug-likeness (QED) is 0.411. The third-order valence-electron chi connectivity index (χ3n) is 5.43. The summed E-state index contributed by atoms with van der Waals surface area (Å²) >= 11 is 0. The maximum atomic E-state index is 12.5. The Labute approximate surface area is 180 Å². The third kappa shape index (κ3) is 6.65. The lowest BCUT2D eigenvalue weighted by Gasteiger charge is -2.35. The number of hydrogen-bond acceptors (Lipinski definition) is 7. The van der Waals surface area contributed by atoms with Crippen LogP contribution in [0.15, 0.2) is 24.3 Å². The first-order valence-corrected chi connectivity index (χ1v) is 9.99. The number of rotatable bonds is 10. The molecule has 1 aromatic rings. The van der Waals surface area contributed by atoms with Gasteiger partial charge in [-0.2, -0.15) is 0 Å². The van der Waals surface area contributed by atoms with E-state index in [1.165, 1.54) is 33.3 Å². The standard InChI is InChI=1S/C21H30N2O8/c1-13(22-16(24)12-21(30-3)8-10-31-11-9-21)19(26)23-17(20(27)28)18(25)14-4-6-15(29-2)7-5-14/h4-7,13,17-18,25H,8-12H2,1-3H3,(H,22,24)(H,23,26)(H,27,28)/t13-,17-,18+/m0/s1. The van der Waals surface area contributed by atoms with Gasteiger partial charge in [0.25, 0.3) is 0 Å². The summed E-state index contributed by atoms with van der Waals surface area (Å²) in [4.78, 5) is 36.6. The Morgan fingerprint density at radius 1 is 1.13 bits per heavy atom. The van der Waals surface area contributed by atoms with Gasteiger partial charge in [0, 0.05) is 33.2 Å². The summed E-state index contributed by atoms with van der Waals surface area (Å²) in [5, 5.41) is 24.8. The van der Waals surface area contributed by atoms with Crippen LogP contribution in [0.25, 0.3) is 0 Å². The first-order valence-electron chi connectivity index (χ1n) is 9.99.